The van der Waals surface area contributed by atoms with E-state index < -0.39 is 42.2 Å². The number of aliphatic carboxylic acids is 1. The van der Waals surface area contributed by atoms with Crippen LogP contribution in [0, 0.1) is 11.3 Å². The quantitative estimate of drug-likeness (QED) is 0.236. The minimum absolute atomic E-state index is 0.144. The molecule has 0 saturated carbocycles. The standard InChI is InChI=1S/C21H22N6O6S/c22-8-14-5-6-16(34-14)20(31)26-10-18(29)24-9-17(28)25-11-19(30)27-13-3-1-12(2-4-13)7-15(23)21(32)33/h1-6,15H,7,9-11,23H2,(H,24,29)(H,25,28)(H,26,31)(H,27,30)(H,32,33). The number of carbonyl (C=O) groups excluding carboxylic acids is 4. The molecule has 1 atom stereocenters. The summed E-state index contributed by atoms with van der Waals surface area (Å²) in [6.07, 6.45) is 0.144. The Morgan fingerprint density at radius 3 is 2.06 bits per heavy atom. The third kappa shape index (κ3) is 8.69. The van der Waals surface area contributed by atoms with Crippen molar-refractivity contribution in [3.05, 3.63) is 51.7 Å². The summed E-state index contributed by atoms with van der Waals surface area (Å²) < 4.78 is 0. The van der Waals surface area contributed by atoms with Crippen LogP contribution in [0.25, 0.3) is 0 Å². The van der Waals surface area contributed by atoms with Gasteiger partial charge in [-0.2, -0.15) is 5.26 Å². The van der Waals surface area contributed by atoms with E-state index in [2.05, 4.69) is 21.3 Å². The molecule has 13 heteroatoms. The van der Waals surface area contributed by atoms with Gasteiger partial charge in [0.1, 0.15) is 17.0 Å². The van der Waals surface area contributed by atoms with E-state index in [9.17, 15) is 24.0 Å². The summed E-state index contributed by atoms with van der Waals surface area (Å²) in [5.74, 6) is -3.34. The highest BCUT2D eigenvalue weighted by Crippen LogP contribution is 2.14. The second-order valence-electron chi connectivity index (χ2n) is 6.91. The lowest BCUT2D eigenvalue weighted by molar-refractivity contribution is -0.138. The molecule has 12 nitrogen and oxygen atoms in total. The average molecular weight is 487 g/mol. The minimum atomic E-state index is -1.11. The van der Waals surface area contributed by atoms with Gasteiger partial charge in [0.15, 0.2) is 0 Å². The van der Waals surface area contributed by atoms with Gasteiger partial charge in [-0.15, -0.1) is 11.3 Å². The van der Waals surface area contributed by atoms with Gasteiger partial charge in [-0.1, -0.05) is 12.1 Å². The molecular weight excluding hydrogens is 464 g/mol. The highest BCUT2D eigenvalue weighted by atomic mass is 32.1. The van der Waals surface area contributed by atoms with Crippen LogP contribution in [0.5, 0.6) is 0 Å². The molecule has 1 aromatic heterocycles. The van der Waals surface area contributed by atoms with Crippen molar-refractivity contribution < 1.29 is 29.1 Å². The number of anilines is 1. The van der Waals surface area contributed by atoms with Gasteiger partial charge in [0.2, 0.25) is 17.7 Å². The number of benzene rings is 1. The van der Waals surface area contributed by atoms with E-state index in [4.69, 9.17) is 16.1 Å². The van der Waals surface area contributed by atoms with E-state index >= 15 is 0 Å². The zero-order valence-electron chi connectivity index (χ0n) is 17.8. The summed E-state index contributed by atoms with van der Waals surface area (Å²) in [4.78, 5) is 58.9. The number of nitrogens with two attached hydrogens (primary N) is 1. The van der Waals surface area contributed by atoms with Gasteiger partial charge in [-0.3, -0.25) is 24.0 Å². The fraction of sp³-hybridized carbons (Fsp3) is 0.238. The first kappa shape index (κ1) is 26.0. The zero-order valence-corrected chi connectivity index (χ0v) is 18.6. The van der Waals surface area contributed by atoms with Crippen molar-refractivity contribution in [2.24, 2.45) is 5.73 Å². The SMILES string of the molecule is N#Cc1ccc(C(=O)NCC(=O)NCC(=O)NCC(=O)Nc2ccc(CC(N)C(=O)O)cc2)s1. The maximum absolute atomic E-state index is 12.0. The van der Waals surface area contributed by atoms with Crippen molar-refractivity contribution >= 4 is 46.6 Å². The molecule has 1 heterocycles. The zero-order chi connectivity index (χ0) is 25.1. The van der Waals surface area contributed by atoms with Crippen LogP contribution in [-0.2, 0) is 25.6 Å². The summed E-state index contributed by atoms with van der Waals surface area (Å²) in [6, 6.07) is 10.3. The number of nitriles is 1. The Labute approximate surface area is 198 Å². The molecule has 4 amide bonds. The topological polar surface area (TPSA) is 204 Å². The van der Waals surface area contributed by atoms with E-state index in [0.29, 0.717) is 16.1 Å². The second-order valence-corrected chi connectivity index (χ2v) is 7.99. The van der Waals surface area contributed by atoms with Crippen molar-refractivity contribution in [2.75, 3.05) is 25.0 Å². The summed E-state index contributed by atoms with van der Waals surface area (Å²) in [7, 11) is 0. The van der Waals surface area contributed by atoms with E-state index in [1.54, 1.807) is 24.3 Å². The van der Waals surface area contributed by atoms with Crippen molar-refractivity contribution in [3.8, 4) is 6.07 Å². The number of rotatable bonds is 11. The van der Waals surface area contributed by atoms with Crippen LogP contribution < -0.4 is 27.0 Å². The van der Waals surface area contributed by atoms with Crippen molar-refractivity contribution in [2.45, 2.75) is 12.5 Å². The Hall–Kier alpha value is -4.28. The molecule has 1 unspecified atom stereocenters. The Balaban J connectivity index is 1.65. The van der Waals surface area contributed by atoms with Crippen LogP contribution >= 0.6 is 11.3 Å². The number of amides is 4. The highest BCUT2D eigenvalue weighted by Gasteiger charge is 2.13. The molecule has 0 spiro atoms. The van der Waals surface area contributed by atoms with Crippen LogP contribution in [-0.4, -0.2) is 60.4 Å². The molecule has 0 aliphatic carbocycles. The van der Waals surface area contributed by atoms with E-state index in [-0.39, 0.29) is 24.4 Å². The average Bonchev–Trinajstić information content (AvgIpc) is 3.30. The lowest BCUT2D eigenvalue weighted by Crippen LogP contribution is -2.43. The van der Waals surface area contributed by atoms with Gasteiger partial charge >= 0.3 is 5.97 Å². The Morgan fingerprint density at radius 2 is 1.50 bits per heavy atom. The summed E-state index contributed by atoms with van der Waals surface area (Å²) in [5, 5.41) is 27.2. The molecule has 0 aliphatic heterocycles. The minimum Gasteiger partial charge on any atom is -0.480 e. The molecule has 0 radical (unpaired) electrons. The largest absolute Gasteiger partial charge is 0.480 e. The van der Waals surface area contributed by atoms with Gasteiger partial charge in [-0.05, 0) is 36.2 Å². The smallest absolute Gasteiger partial charge is 0.320 e. The maximum Gasteiger partial charge on any atom is 0.320 e. The fourth-order valence-electron chi connectivity index (χ4n) is 2.52. The maximum atomic E-state index is 12.0. The first-order valence-electron chi connectivity index (χ1n) is 9.86. The monoisotopic (exact) mass is 486 g/mol. The van der Waals surface area contributed by atoms with Crippen LogP contribution in [0.3, 0.4) is 0 Å². The number of thiophene rings is 1. The van der Waals surface area contributed by atoms with Crippen LogP contribution in [0.15, 0.2) is 36.4 Å². The van der Waals surface area contributed by atoms with Gasteiger partial charge in [0.05, 0.1) is 24.5 Å². The van der Waals surface area contributed by atoms with Crippen molar-refractivity contribution in [3.63, 3.8) is 0 Å². The molecule has 7 N–H and O–H groups in total. The summed E-state index contributed by atoms with van der Waals surface area (Å²) in [6.45, 7) is -1.09. The molecule has 0 fully saturated rings. The molecule has 0 aliphatic rings. The molecule has 0 saturated heterocycles. The molecule has 178 valence electrons. The number of carboxylic acid groups (broad SMARTS) is 1. The lowest BCUT2D eigenvalue weighted by atomic mass is 10.1. The Morgan fingerprint density at radius 1 is 0.912 bits per heavy atom. The lowest BCUT2D eigenvalue weighted by Gasteiger charge is -2.10. The van der Waals surface area contributed by atoms with Crippen LogP contribution in [0.4, 0.5) is 5.69 Å². The summed E-state index contributed by atoms with van der Waals surface area (Å²) >= 11 is 0.991. The van der Waals surface area contributed by atoms with Crippen LogP contribution in [0.2, 0.25) is 0 Å². The van der Waals surface area contributed by atoms with E-state index in [1.807, 2.05) is 6.07 Å². The molecule has 2 aromatic rings. The van der Waals surface area contributed by atoms with E-state index in [1.165, 1.54) is 12.1 Å². The number of nitrogens with one attached hydrogen (secondary N) is 4. The third-order valence-corrected chi connectivity index (χ3v) is 5.24. The second kappa shape index (κ2) is 12.7. The van der Waals surface area contributed by atoms with Gasteiger partial charge < -0.3 is 32.1 Å². The number of hydrogen-bond acceptors (Lipinski definition) is 8. The molecule has 34 heavy (non-hydrogen) atoms. The molecule has 0 bridgehead atoms. The van der Waals surface area contributed by atoms with Crippen LogP contribution in [0.1, 0.15) is 20.1 Å². The van der Waals surface area contributed by atoms with Gasteiger partial charge in [-0.25, -0.2) is 0 Å². The van der Waals surface area contributed by atoms with E-state index in [0.717, 1.165) is 11.3 Å². The van der Waals surface area contributed by atoms with Crippen molar-refractivity contribution in [1.82, 2.24) is 16.0 Å². The Bertz CT molecular complexity index is 1110. The molecular formula is C21H22N6O6S. The molecule has 1 aromatic carbocycles. The normalized spacial score (nSPS) is 10.9. The predicted molar refractivity (Wildman–Crippen MR) is 122 cm³/mol. The van der Waals surface area contributed by atoms with Crippen molar-refractivity contribution in [1.29, 1.82) is 5.26 Å². The third-order valence-electron chi connectivity index (χ3n) is 4.25. The molecule has 2 rings (SSSR count). The summed E-state index contributed by atoms with van der Waals surface area (Å²) in [5.41, 5.74) is 6.61. The predicted octanol–water partition coefficient (Wildman–Crippen LogP) is -0.825. The first-order chi connectivity index (χ1) is 16.2. The first-order valence-corrected chi connectivity index (χ1v) is 10.7. The number of hydrogen-bond donors (Lipinski definition) is 6. The highest BCUT2D eigenvalue weighted by molar-refractivity contribution is 7.14. The van der Waals surface area contributed by atoms with Gasteiger partial charge in [0.25, 0.3) is 5.91 Å². The van der Waals surface area contributed by atoms with Gasteiger partial charge in [0, 0.05) is 5.69 Å². The Kier molecular flexibility index (Phi) is 9.69. The number of nitrogens with zero attached hydrogens (tertiary/aromatic N) is 1. The number of carbonyl (C=O) groups is 5. The number of carboxylic acids is 1. The fourth-order valence-corrected chi connectivity index (χ4v) is 3.24.